The highest BCUT2D eigenvalue weighted by molar-refractivity contribution is 5.37. The summed E-state index contributed by atoms with van der Waals surface area (Å²) in [6.07, 6.45) is 8.64. The third kappa shape index (κ3) is 3.60. The largest absolute Gasteiger partial charge is 0.375 e. The van der Waals surface area contributed by atoms with Gasteiger partial charge in [0.05, 0.1) is 5.60 Å². The topological polar surface area (TPSA) is 47.0 Å². The molecule has 1 N–H and O–H groups in total. The van der Waals surface area contributed by atoms with Gasteiger partial charge in [-0.2, -0.15) is 0 Å². The van der Waals surface area contributed by atoms with Crippen molar-refractivity contribution in [3.63, 3.8) is 0 Å². The van der Waals surface area contributed by atoms with Crippen LogP contribution in [-0.2, 0) is 4.74 Å². The van der Waals surface area contributed by atoms with Crippen LogP contribution in [0.3, 0.4) is 0 Å². The van der Waals surface area contributed by atoms with E-state index in [1.54, 1.807) is 0 Å². The Bertz CT molecular complexity index is 504. The number of anilines is 1. The first kappa shape index (κ1) is 15.7. The van der Waals surface area contributed by atoms with Gasteiger partial charge >= 0.3 is 0 Å². The minimum Gasteiger partial charge on any atom is -0.375 e. The van der Waals surface area contributed by atoms with Gasteiger partial charge in [0.1, 0.15) is 11.6 Å². The molecule has 0 radical (unpaired) electrons. The summed E-state index contributed by atoms with van der Waals surface area (Å²) in [7, 11) is 0. The number of rotatable bonds is 3. The minimum atomic E-state index is 0.136. The number of nitrogens with zero attached hydrogens (tertiary/aromatic N) is 2. The molecule has 4 nitrogen and oxygen atoms in total. The van der Waals surface area contributed by atoms with Crippen LogP contribution in [0.4, 0.5) is 5.82 Å². The van der Waals surface area contributed by atoms with Crippen LogP contribution in [0, 0.1) is 6.92 Å². The molecule has 2 aliphatic rings. The van der Waals surface area contributed by atoms with Crippen LogP contribution in [0.2, 0.25) is 0 Å². The van der Waals surface area contributed by atoms with Gasteiger partial charge in [0, 0.05) is 30.3 Å². The summed E-state index contributed by atoms with van der Waals surface area (Å²) in [5.41, 5.74) is 1.18. The van der Waals surface area contributed by atoms with Crippen LogP contribution in [0.1, 0.15) is 76.2 Å². The summed E-state index contributed by atoms with van der Waals surface area (Å²) in [6, 6.07) is 2.54. The maximum atomic E-state index is 6.19. The molecule has 22 heavy (non-hydrogen) atoms. The molecule has 122 valence electrons. The molecular formula is C18H29N3O. The molecule has 4 heteroatoms. The highest BCUT2D eigenvalue weighted by Crippen LogP contribution is 2.39. The summed E-state index contributed by atoms with van der Waals surface area (Å²) < 4.78 is 6.19. The quantitative estimate of drug-likeness (QED) is 0.909. The molecule has 1 saturated carbocycles. The molecule has 2 heterocycles. The fourth-order valence-corrected chi connectivity index (χ4v) is 3.83. The maximum absolute atomic E-state index is 6.19. The average Bonchev–Trinajstić information content (AvgIpc) is 2.47. The van der Waals surface area contributed by atoms with Gasteiger partial charge in [0.15, 0.2) is 0 Å². The fourth-order valence-electron chi connectivity index (χ4n) is 3.83. The predicted octanol–water partition coefficient (Wildman–Crippen LogP) is 4.20. The molecule has 1 aliphatic carbocycles. The molecule has 1 aliphatic heterocycles. The van der Waals surface area contributed by atoms with Crippen LogP contribution in [0.5, 0.6) is 0 Å². The SMILES string of the molecule is Cc1cc(NC2CCOC3(CCCCC3)C2)nc(C(C)C)n1. The Labute approximate surface area is 134 Å². The first-order valence-electron chi connectivity index (χ1n) is 8.82. The average molecular weight is 303 g/mol. The summed E-state index contributed by atoms with van der Waals surface area (Å²) in [4.78, 5) is 9.23. The maximum Gasteiger partial charge on any atom is 0.133 e. The molecule has 0 bridgehead atoms. The smallest absolute Gasteiger partial charge is 0.133 e. The second kappa shape index (κ2) is 6.53. The van der Waals surface area contributed by atoms with Crippen LogP contribution in [0.15, 0.2) is 6.07 Å². The molecular weight excluding hydrogens is 274 g/mol. The van der Waals surface area contributed by atoms with E-state index >= 15 is 0 Å². The van der Waals surface area contributed by atoms with E-state index in [4.69, 9.17) is 9.72 Å². The molecule has 1 spiro atoms. The van der Waals surface area contributed by atoms with Gasteiger partial charge in [-0.15, -0.1) is 0 Å². The van der Waals surface area contributed by atoms with Crippen molar-refractivity contribution in [2.24, 2.45) is 0 Å². The summed E-state index contributed by atoms with van der Waals surface area (Å²) in [5, 5.41) is 3.66. The lowest BCUT2D eigenvalue weighted by molar-refractivity contribution is -0.103. The Morgan fingerprint density at radius 2 is 2.00 bits per heavy atom. The van der Waals surface area contributed by atoms with Gasteiger partial charge in [-0.25, -0.2) is 9.97 Å². The molecule has 1 saturated heterocycles. The van der Waals surface area contributed by atoms with Gasteiger partial charge in [0.2, 0.25) is 0 Å². The lowest BCUT2D eigenvalue weighted by atomic mass is 9.78. The normalized spacial score (nSPS) is 24.6. The first-order chi connectivity index (χ1) is 10.6. The third-order valence-corrected chi connectivity index (χ3v) is 5.00. The van der Waals surface area contributed by atoms with Crippen LogP contribution in [0.25, 0.3) is 0 Å². The van der Waals surface area contributed by atoms with Gasteiger partial charge in [-0.1, -0.05) is 33.1 Å². The highest BCUT2D eigenvalue weighted by atomic mass is 16.5. The molecule has 0 amide bonds. The summed E-state index contributed by atoms with van der Waals surface area (Å²) in [6.45, 7) is 7.21. The van der Waals surface area contributed by atoms with E-state index in [1.165, 1.54) is 32.1 Å². The lowest BCUT2D eigenvalue weighted by Crippen LogP contribution is -2.45. The lowest BCUT2D eigenvalue weighted by Gasteiger charge is -2.43. The Balaban J connectivity index is 1.70. The minimum absolute atomic E-state index is 0.136. The number of nitrogens with one attached hydrogen (secondary N) is 1. The third-order valence-electron chi connectivity index (χ3n) is 5.00. The molecule has 1 aromatic heterocycles. The van der Waals surface area contributed by atoms with Crippen LogP contribution >= 0.6 is 0 Å². The van der Waals surface area contributed by atoms with Crippen molar-refractivity contribution in [1.82, 2.24) is 9.97 Å². The standard InChI is InChI=1S/C18H29N3O/c1-13(2)17-19-14(3)11-16(21-17)20-15-7-10-22-18(12-15)8-5-4-6-9-18/h11,13,15H,4-10,12H2,1-3H3,(H,19,20,21). The molecule has 1 unspecified atom stereocenters. The van der Waals surface area contributed by atoms with E-state index in [9.17, 15) is 0 Å². The van der Waals surface area contributed by atoms with Gasteiger partial charge in [0.25, 0.3) is 0 Å². The van der Waals surface area contributed by atoms with E-state index in [2.05, 4.69) is 30.2 Å². The molecule has 0 aromatic carbocycles. The van der Waals surface area contributed by atoms with E-state index in [0.29, 0.717) is 12.0 Å². The van der Waals surface area contributed by atoms with Crippen LogP contribution < -0.4 is 5.32 Å². The zero-order valence-corrected chi connectivity index (χ0v) is 14.2. The number of hydrogen-bond donors (Lipinski definition) is 1. The van der Waals surface area contributed by atoms with E-state index in [-0.39, 0.29) is 5.60 Å². The van der Waals surface area contributed by atoms with Crippen LogP contribution in [-0.4, -0.2) is 28.2 Å². The zero-order chi connectivity index (χ0) is 15.6. The van der Waals surface area contributed by atoms with Crippen molar-refractivity contribution < 1.29 is 4.74 Å². The second-order valence-electron chi connectivity index (χ2n) is 7.33. The van der Waals surface area contributed by atoms with E-state index in [0.717, 1.165) is 36.8 Å². The summed E-state index contributed by atoms with van der Waals surface area (Å²) >= 11 is 0. The van der Waals surface area contributed by atoms with E-state index in [1.807, 2.05) is 6.92 Å². The van der Waals surface area contributed by atoms with Crippen molar-refractivity contribution >= 4 is 5.82 Å². The van der Waals surface area contributed by atoms with Crippen molar-refractivity contribution in [2.45, 2.75) is 83.3 Å². The Morgan fingerprint density at radius 1 is 1.23 bits per heavy atom. The van der Waals surface area contributed by atoms with Gasteiger partial charge in [-0.05, 0) is 32.6 Å². The fraction of sp³-hybridized carbons (Fsp3) is 0.778. The Hall–Kier alpha value is -1.16. The molecule has 1 atom stereocenters. The second-order valence-corrected chi connectivity index (χ2v) is 7.33. The van der Waals surface area contributed by atoms with Gasteiger partial charge < -0.3 is 10.1 Å². The molecule has 3 rings (SSSR count). The first-order valence-corrected chi connectivity index (χ1v) is 8.82. The van der Waals surface area contributed by atoms with Gasteiger partial charge in [-0.3, -0.25) is 0 Å². The Morgan fingerprint density at radius 3 is 2.73 bits per heavy atom. The van der Waals surface area contributed by atoms with Crippen molar-refractivity contribution in [2.75, 3.05) is 11.9 Å². The number of aromatic nitrogens is 2. The van der Waals surface area contributed by atoms with Crippen molar-refractivity contribution in [1.29, 1.82) is 0 Å². The molecule has 1 aromatic rings. The predicted molar refractivity (Wildman–Crippen MR) is 89.3 cm³/mol. The number of hydrogen-bond acceptors (Lipinski definition) is 4. The zero-order valence-electron chi connectivity index (χ0n) is 14.2. The summed E-state index contributed by atoms with van der Waals surface area (Å²) in [5.74, 6) is 2.27. The monoisotopic (exact) mass is 303 g/mol. The number of ether oxygens (including phenoxy) is 1. The van der Waals surface area contributed by atoms with E-state index < -0.39 is 0 Å². The van der Waals surface area contributed by atoms with Crippen molar-refractivity contribution in [3.8, 4) is 0 Å². The number of aryl methyl sites for hydroxylation is 1. The molecule has 2 fully saturated rings. The highest BCUT2D eigenvalue weighted by Gasteiger charge is 2.38. The van der Waals surface area contributed by atoms with Crippen molar-refractivity contribution in [3.05, 3.63) is 17.6 Å². The Kier molecular flexibility index (Phi) is 4.67.